The van der Waals surface area contributed by atoms with Gasteiger partial charge in [-0.3, -0.25) is 14.3 Å². The van der Waals surface area contributed by atoms with Crippen LogP contribution >= 0.6 is 0 Å². The predicted octanol–water partition coefficient (Wildman–Crippen LogP) is 0.170. The molecule has 124 valence electrons. The SMILES string of the molecule is COCCn1nc(C)c(CNC(=O)c2ccc(=O)n(C)n2)c1C. The van der Waals surface area contributed by atoms with Gasteiger partial charge in [0.2, 0.25) is 0 Å². The average molecular weight is 319 g/mol. The third kappa shape index (κ3) is 3.84. The van der Waals surface area contributed by atoms with Crippen LogP contribution in [0.3, 0.4) is 0 Å². The highest BCUT2D eigenvalue weighted by Crippen LogP contribution is 2.12. The number of aromatic nitrogens is 4. The molecule has 0 aliphatic heterocycles. The van der Waals surface area contributed by atoms with Crippen LogP contribution in [0.2, 0.25) is 0 Å². The van der Waals surface area contributed by atoms with Gasteiger partial charge in [0.15, 0.2) is 0 Å². The summed E-state index contributed by atoms with van der Waals surface area (Å²) in [4.78, 5) is 23.4. The maximum atomic E-state index is 12.1. The minimum atomic E-state index is -0.330. The van der Waals surface area contributed by atoms with Crippen molar-refractivity contribution in [2.24, 2.45) is 7.05 Å². The number of carbonyl (C=O) groups excluding carboxylic acids is 1. The molecule has 8 nitrogen and oxygen atoms in total. The summed E-state index contributed by atoms with van der Waals surface area (Å²) in [5, 5.41) is 11.2. The van der Waals surface area contributed by atoms with Gasteiger partial charge in [-0.1, -0.05) is 0 Å². The van der Waals surface area contributed by atoms with Crippen molar-refractivity contribution in [3.8, 4) is 0 Å². The van der Waals surface area contributed by atoms with Crippen molar-refractivity contribution in [2.75, 3.05) is 13.7 Å². The van der Waals surface area contributed by atoms with Gasteiger partial charge in [-0.2, -0.15) is 10.2 Å². The Labute approximate surface area is 134 Å². The third-order valence-electron chi connectivity index (χ3n) is 3.66. The Morgan fingerprint density at radius 1 is 1.30 bits per heavy atom. The first-order valence-corrected chi connectivity index (χ1v) is 7.28. The fourth-order valence-corrected chi connectivity index (χ4v) is 2.27. The molecule has 0 atom stereocenters. The lowest BCUT2D eigenvalue weighted by molar-refractivity contribution is 0.0943. The molecule has 0 saturated carbocycles. The number of methoxy groups -OCH3 is 1. The molecule has 0 radical (unpaired) electrons. The summed E-state index contributed by atoms with van der Waals surface area (Å²) in [6.45, 7) is 5.47. The standard InChI is InChI=1S/C15H21N5O3/c1-10-12(11(2)20(17-10)7-8-23-4)9-16-15(22)13-5-6-14(21)19(3)18-13/h5-6H,7-9H2,1-4H3,(H,16,22). The predicted molar refractivity (Wildman–Crippen MR) is 84.2 cm³/mol. The van der Waals surface area contributed by atoms with Crippen LogP contribution in [0.25, 0.3) is 0 Å². The second-order valence-electron chi connectivity index (χ2n) is 5.23. The summed E-state index contributed by atoms with van der Waals surface area (Å²) in [5.41, 5.74) is 2.78. The van der Waals surface area contributed by atoms with Gasteiger partial charge >= 0.3 is 0 Å². The first kappa shape index (κ1) is 16.9. The van der Waals surface area contributed by atoms with Crippen molar-refractivity contribution in [1.29, 1.82) is 0 Å². The van der Waals surface area contributed by atoms with Gasteiger partial charge in [-0.15, -0.1) is 0 Å². The molecule has 0 fully saturated rings. The van der Waals surface area contributed by atoms with E-state index in [-0.39, 0.29) is 17.2 Å². The Kier molecular flexibility index (Phi) is 5.28. The number of aryl methyl sites for hydroxylation is 2. The van der Waals surface area contributed by atoms with Gasteiger partial charge in [0.25, 0.3) is 11.5 Å². The summed E-state index contributed by atoms with van der Waals surface area (Å²) in [6.07, 6.45) is 0. The minimum absolute atomic E-state index is 0.203. The Hall–Kier alpha value is -2.48. The molecule has 0 unspecified atom stereocenters. The van der Waals surface area contributed by atoms with Gasteiger partial charge in [-0.05, 0) is 19.9 Å². The molecular weight excluding hydrogens is 298 g/mol. The second kappa shape index (κ2) is 7.19. The zero-order valence-electron chi connectivity index (χ0n) is 13.8. The lowest BCUT2D eigenvalue weighted by Gasteiger charge is -2.07. The molecule has 8 heteroatoms. The van der Waals surface area contributed by atoms with Crippen LogP contribution in [0.4, 0.5) is 0 Å². The van der Waals surface area contributed by atoms with E-state index in [1.807, 2.05) is 18.5 Å². The molecule has 2 rings (SSSR count). The average Bonchev–Trinajstić information content (AvgIpc) is 2.79. The number of carbonyl (C=O) groups is 1. The van der Waals surface area contributed by atoms with Gasteiger partial charge in [0, 0.05) is 38.0 Å². The van der Waals surface area contributed by atoms with E-state index in [0.717, 1.165) is 21.6 Å². The number of hydrogen-bond acceptors (Lipinski definition) is 5. The van der Waals surface area contributed by atoms with Crippen LogP contribution in [0.15, 0.2) is 16.9 Å². The van der Waals surface area contributed by atoms with E-state index in [1.54, 1.807) is 7.11 Å². The van der Waals surface area contributed by atoms with Gasteiger partial charge in [0.1, 0.15) is 5.69 Å². The van der Waals surface area contributed by atoms with Crippen molar-refractivity contribution in [3.63, 3.8) is 0 Å². The Balaban J connectivity index is 2.08. The second-order valence-corrected chi connectivity index (χ2v) is 5.23. The van der Waals surface area contributed by atoms with Crippen molar-refractivity contribution in [3.05, 3.63) is 45.1 Å². The summed E-state index contributed by atoms with van der Waals surface area (Å²) in [5.74, 6) is -0.330. The molecule has 0 aromatic carbocycles. The fourth-order valence-electron chi connectivity index (χ4n) is 2.27. The quantitative estimate of drug-likeness (QED) is 0.819. The topological polar surface area (TPSA) is 91.0 Å². The number of rotatable bonds is 6. The van der Waals surface area contributed by atoms with E-state index in [4.69, 9.17) is 4.74 Å². The van der Waals surface area contributed by atoms with E-state index in [0.29, 0.717) is 19.7 Å². The smallest absolute Gasteiger partial charge is 0.271 e. The summed E-state index contributed by atoms with van der Waals surface area (Å²) >= 11 is 0. The maximum absolute atomic E-state index is 12.1. The van der Waals surface area contributed by atoms with E-state index in [1.165, 1.54) is 19.2 Å². The highest BCUT2D eigenvalue weighted by atomic mass is 16.5. The number of ether oxygens (including phenoxy) is 1. The van der Waals surface area contributed by atoms with Crippen LogP contribution < -0.4 is 10.9 Å². The van der Waals surface area contributed by atoms with Crippen LogP contribution in [-0.4, -0.2) is 39.2 Å². The number of amides is 1. The van der Waals surface area contributed by atoms with Crippen molar-refractivity contribution < 1.29 is 9.53 Å². The fraction of sp³-hybridized carbons (Fsp3) is 0.467. The van der Waals surface area contributed by atoms with Gasteiger partial charge < -0.3 is 10.1 Å². The maximum Gasteiger partial charge on any atom is 0.271 e. The minimum Gasteiger partial charge on any atom is -0.383 e. The number of nitrogens with zero attached hydrogens (tertiary/aromatic N) is 4. The Bertz CT molecular complexity index is 763. The lowest BCUT2D eigenvalue weighted by Crippen LogP contribution is -2.28. The van der Waals surface area contributed by atoms with Crippen LogP contribution in [-0.2, 0) is 24.9 Å². The van der Waals surface area contributed by atoms with E-state index in [9.17, 15) is 9.59 Å². The molecule has 0 saturated heterocycles. The molecule has 0 aliphatic rings. The molecule has 1 amide bonds. The number of nitrogens with one attached hydrogen (secondary N) is 1. The van der Waals surface area contributed by atoms with Crippen molar-refractivity contribution in [1.82, 2.24) is 24.9 Å². The zero-order valence-corrected chi connectivity index (χ0v) is 13.8. The van der Waals surface area contributed by atoms with E-state index < -0.39 is 0 Å². The van der Waals surface area contributed by atoms with Crippen LogP contribution in [0.1, 0.15) is 27.4 Å². The normalized spacial score (nSPS) is 10.8. The molecule has 23 heavy (non-hydrogen) atoms. The Morgan fingerprint density at radius 2 is 2.04 bits per heavy atom. The van der Waals surface area contributed by atoms with Crippen LogP contribution in [0.5, 0.6) is 0 Å². The third-order valence-corrected chi connectivity index (χ3v) is 3.66. The van der Waals surface area contributed by atoms with Gasteiger partial charge in [-0.25, -0.2) is 4.68 Å². The first-order chi connectivity index (χ1) is 10.9. The first-order valence-electron chi connectivity index (χ1n) is 7.28. The molecule has 0 bridgehead atoms. The summed E-state index contributed by atoms with van der Waals surface area (Å²) < 4.78 is 8.06. The van der Waals surface area contributed by atoms with Crippen LogP contribution in [0, 0.1) is 13.8 Å². The molecular formula is C15H21N5O3. The molecule has 0 aliphatic carbocycles. The molecule has 0 spiro atoms. The summed E-state index contributed by atoms with van der Waals surface area (Å²) in [6, 6.07) is 2.74. The monoisotopic (exact) mass is 319 g/mol. The van der Waals surface area contributed by atoms with E-state index in [2.05, 4.69) is 15.5 Å². The Morgan fingerprint density at radius 3 is 2.70 bits per heavy atom. The van der Waals surface area contributed by atoms with Crippen molar-refractivity contribution in [2.45, 2.75) is 26.9 Å². The number of hydrogen-bond donors (Lipinski definition) is 1. The summed E-state index contributed by atoms with van der Waals surface area (Å²) in [7, 11) is 3.15. The molecule has 1 N–H and O–H groups in total. The molecule has 2 aromatic heterocycles. The molecule has 2 heterocycles. The largest absolute Gasteiger partial charge is 0.383 e. The zero-order chi connectivity index (χ0) is 17.0. The molecule has 2 aromatic rings. The van der Waals surface area contributed by atoms with Crippen molar-refractivity contribution >= 4 is 5.91 Å². The van der Waals surface area contributed by atoms with E-state index >= 15 is 0 Å². The highest BCUT2D eigenvalue weighted by molar-refractivity contribution is 5.91. The lowest BCUT2D eigenvalue weighted by atomic mass is 10.2. The van der Waals surface area contributed by atoms with Gasteiger partial charge in [0.05, 0.1) is 18.8 Å². The highest BCUT2D eigenvalue weighted by Gasteiger charge is 2.14.